The van der Waals surface area contributed by atoms with Gasteiger partial charge in [0.1, 0.15) is 5.75 Å². The molecule has 1 aromatic rings. The number of hydrogen-bond donors (Lipinski definition) is 0. The highest BCUT2D eigenvalue weighted by Crippen LogP contribution is 2.62. The van der Waals surface area contributed by atoms with E-state index in [2.05, 4.69) is 32.0 Å². The van der Waals surface area contributed by atoms with Crippen LogP contribution >= 0.6 is 0 Å². The van der Waals surface area contributed by atoms with Gasteiger partial charge >= 0.3 is 0 Å². The fraction of sp³-hybridized carbons (Fsp3) is 0.632. The average molecular weight is 283 g/mol. The first-order valence-electron chi connectivity index (χ1n) is 8.22. The molecular weight excluding hydrogens is 258 g/mol. The van der Waals surface area contributed by atoms with Crippen LogP contribution in [0.4, 0.5) is 0 Å². The summed E-state index contributed by atoms with van der Waals surface area (Å²) in [7, 11) is 0. The Bertz CT molecular complexity index is 524. The van der Waals surface area contributed by atoms with E-state index in [0.717, 1.165) is 25.2 Å². The lowest BCUT2D eigenvalue weighted by atomic mass is 9.50. The molecule has 0 atom stereocenters. The Kier molecular flexibility index (Phi) is 3.69. The molecule has 2 aliphatic carbocycles. The smallest absolute Gasteiger partial charge is 0.119 e. The van der Waals surface area contributed by atoms with E-state index in [0.29, 0.717) is 11.3 Å². The summed E-state index contributed by atoms with van der Waals surface area (Å²) >= 11 is 0. The van der Waals surface area contributed by atoms with Crippen molar-refractivity contribution in [2.45, 2.75) is 57.8 Å². The first-order valence-corrected chi connectivity index (χ1v) is 8.22. The zero-order chi connectivity index (χ0) is 14.9. The van der Waals surface area contributed by atoms with E-state index in [4.69, 9.17) is 4.74 Å². The summed E-state index contributed by atoms with van der Waals surface area (Å²) < 4.78 is 5.73. The van der Waals surface area contributed by atoms with Crippen molar-refractivity contribution < 1.29 is 4.74 Å². The van der Waals surface area contributed by atoms with E-state index < -0.39 is 0 Å². The van der Waals surface area contributed by atoms with Gasteiger partial charge in [-0.05, 0) is 54.7 Å². The van der Waals surface area contributed by atoms with Crippen LogP contribution in [0.15, 0.2) is 24.3 Å². The first kappa shape index (κ1) is 14.4. The summed E-state index contributed by atoms with van der Waals surface area (Å²) in [6.07, 6.45) is 7.47. The fourth-order valence-electron chi connectivity index (χ4n) is 4.19. The monoisotopic (exact) mass is 283 g/mol. The molecule has 2 aliphatic rings. The summed E-state index contributed by atoms with van der Waals surface area (Å²) in [5.74, 6) is 1.44. The van der Waals surface area contributed by atoms with Crippen molar-refractivity contribution in [2.75, 3.05) is 6.61 Å². The molecule has 0 saturated heterocycles. The topological polar surface area (TPSA) is 33.0 Å². The van der Waals surface area contributed by atoms with Crippen LogP contribution < -0.4 is 4.74 Å². The number of nitrogens with zero attached hydrogens (tertiary/aromatic N) is 1. The van der Waals surface area contributed by atoms with Gasteiger partial charge in [0, 0.05) is 0 Å². The van der Waals surface area contributed by atoms with Crippen molar-refractivity contribution in [3.63, 3.8) is 0 Å². The maximum Gasteiger partial charge on any atom is 0.119 e. The highest BCUT2D eigenvalue weighted by Gasteiger charge is 2.56. The van der Waals surface area contributed by atoms with E-state index in [-0.39, 0.29) is 5.41 Å². The maximum absolute atomic E-state index is 9.70. The molecule has 0 heterocycles. The van der Waals surface area contributed by atoms with Gasteiger partial charge in [-0.1, -0.05) is 38.8 Å². The molecule has 3 rings (SSSR count). The highest BCUT2D eigenvalue weighted by atomic mass is 16.5. The van der Waals surface area contributed by atoms with Crippen molar-refractivity contribution in [2.24, 2.45) is 11.3 Å². The molecular formula is C19H25NO. The maximum atomic E-state index is 9.70. The van der Waals surface area contributed by atoms with Crippen LogP contribution in [-0.2, 0) is 5.41 Å². The van der Waals surface area contributed by atoms with Gasteiger partial charge in [-0.15, -0.1) is 0 Å². The van der Waals surface area contributed by atoms with Crippen molar-refractivity contribution in [3.8, 4) is 11.8 Å². The zero-order valence-electron chi connectivity index (χ0n) is 13.2. The normalized spacial score (nSPS) is 22.0. The minimum atomic E-state index is -0.235. The van der Waals surface area contributed by atoms with Gasteiger partial charge in [0.05, 0.1) is 18.1 Å². The summed E-state index contributed by atoms with van der Waals surface area (Å²) in [5.41, 5.74) is 1.43. The number of benzene rings is 1. The Morgan fingerprint density at radius 3 is 2.29 bits per heavy atom. The highest BCUT2D eigenvalue weighted by molar-refractivity contribution is 5.41. The molecule has 0 bridgehead atoms. The van der Waals surface area contributed by atoms with Gasteiger partial charge in [0.2, 0.25) is 0 Å². The lowest BCUT2D eigenvalue weighted by molar-refractivity contribution is 0.0648. The Labute approximate surface area is 128 Å². The van der Waals surface area contributed by atoms with Crippen LogP contribution in [0, 0.1) is 22.7 Å². The fourth-order valence-corrected chi connectivity index (χ4v) is 4.19. The Morgan fingerprint density at radius 1 is 1.14 bits per heavy atom. The lowest BCUT2D eigenvalue weighted by Crippen LogP contribution is -2.47. The molecule has 2 nitrogen and oxygen atoms in total. The number of hydrogen-bond acceptors (Lipinski definition) is 2. The van der Waals surface area contributed by atoms with Crippen LogP contribution in [-0.4, -0.2) is 6.61 Å². The molecule has 0 aliphatic heterocycles. The summed E-state index contributed by atoms with van der Waals surface area (Å²) in [6, 6.07) is 10.9. The molecule has 2 fully saturated rings. The quantitative estimate of drug-likeness (QED) is 0.792. The van der Waals surface area contributed by atoms with Crippen LogP contribution in [0.5, 0.6) is 5.75 Å². The van der Waals surface area contributed by atoms with Crippen LogP contribution in [0.2, 0.25) is 0 Å². The standard InChI is InChI=1S/C19H25NO/c1-15(2)11-21-17-7-5-16(6-8-17)19(14-20)12-18(13-19)9-3-4-10-18/h5-8,15H,3-4,9-13H2,1-2H3. The van der Waals surface area contributed by atoms with Crippen molar-refractivity contribution >= 4 is 0 Å². The van der Waals surface area contributed by atoms with Crippen LogP contribution in [0.1, 0.15) is 57.9 Å². The van der Waals surface area contributed by atoms with Crippen molar-refractivity contribution in [3.05, 3.63) is 29.8 Å². The predicted molar refractivity (Wildman–Crippen MR) is 84.2 cm³/mol. The Morgan fingerprint density at radius 2 is 1.76 bits per heavy atom. The largest absolute Gasteiger partial charge is 0.493 e. The lowest BCUT2D eigenvalue weighted by Gasteiger charge is -2.51. The summed E-state index contributed by atoms with van der Waals surface area (Å²) in [4.78, 5) is 0. The molecule has 1 spiro atoms. The summed E-state index contributed by atoms with van der Waals surface area (Å²) in [5, 5.41) is 9.70. The molecule has 2 heteroatoms. The number of nitriles is 1. The molecule has 0 unspecified atom stereocenters. The van der Waals surface area contributed by atoms with Crippen molar-refractivity contribution in [1.82, 2.24) is 0 Å². The Balaban J connectivity index is 1.70. The second kappa shape index (κ2) is 5.37. The van der Waals surface area contributed by atoms with E-state index in [1.807, 2.05) is 12.1 Å². The summed E-state index contributed by atoms with van der Waals surface area (Å²) in [6.45, 7) is 5.04. The SMILES string of the molecule is CC(C)COc1ccc(C2(C#N)CC3(CCCC3)C2)cc1. The van der Waals surface area contributed by atoms with Gasteiger partial charge < -0.3 is 4.74 Å². The van der Waals surface area contributed by atoms with E-state index in [1.165, 1.54) is 31.2 Å². The molecule has 0 N–H and O–H groups in total. The van der Waals surface area contributed by atoms with Crippen molar-refractivity contribution in [1.29, 1.82) is 5.26 Å². The molecule has 0 aromatic heterocycles. The first-order chi connectivity index (χ1) is 10.1. The van der Waals surface area contributed by atoms with E-state index in [9.17, 15) is 5.26 Å². The third-order valence-corrected chi connectivity index (χ3v) is 5.22. The van der Waals surface area contributed by atoms with Gasteiger partial charge in [0.15, 0.2) is 0 Å². The average Bonchev–Trinajstić information content (AvgIpc) is 2.93. The minimum absolute atomic E-state index is 0.235. The zero-order valence-corrected chi connectivity index (χ0v) is 13.2. The van der Waals surface area contributed by atoms with Crippen LogP contribution in [0.3, 0.4) is 0 Å². The minimum Gasteiger partial charge on any atom is -0.493 e. The number of ether oxygens (including phenoxy) is 1. The van der Waals surface area contributed by atoms with Gasteiger partial charge in [-0.25, -0.2) is 0 Å². The molecule has 112 valence electrons. The second-order valence-corrected chi connectivity index (χ2v) is 7.48. The van der Waals surface area contributed by atoms with Crippen LogP contribution in [0.25, 0.3) is 0 Å². The van der Waals surface area contributed by atoms with Gasteiger partial charge in [0.25, 0.3) is 0 Å². The molecule has 2 saturated carbocycles. The molecule has 0 radical (unpaired) electrons. The van der Waals surface area contributed by atoms with E-state index in [1.54, 1.807) is 0 Å². The second-order valence-electron chi connectivity index (χ2n) is 7.48. The Hall–Kier alpha value is -1.49. The number of rotatable bonds is 4. The predicted octanol–water partition coefficient (Wildman–Crippen LogP) is 4.84. The molecule has 1 aromatic carbocycles. The van der Waals surface area contributed by atoms with Gasteiger partial charge in [-0.3, -0.25) is 0 Å². The van der Waals surface area contributed by atoms with E-state index >= 15 is 0 Å². The molecule has 21 heavy (non-hydrogen) atoms. The molecule has 0 amide bonds. The van der Waals surface area contributed by atoms with Gasteiger partial charge in [-0.2, -0.15) is 5.26 Å². The third kappa shape index (κ3) is 2.67. The third-order valence-electron chi connectivity index (χ3n) is 5.22.